The summed E-state index contributed by atoms with van der Waals surface area (Å²) >= 11 is 0. The molecular weight excluding hydrogens is 381 g/mol. The first-order valence-electron chi connectivity index (χ1n) is 9.03. The summed E-state index contributed by atoms with van der Waals surface area (Å²) in [5.41, 5.74) is 1.14. The summed E-state index contributed by atoms with van der Waals surface area (Å²) in [6, 6.07) is 4.50. The van der Waals surface area contributed by atoms with Crippen LogP contribution in [0, 0.1) is 0 Å². The number of morpholine rings is 1. The van der Waals surface area contributed by atoms with E-state index in [1.54, 1.807) is 13.3 Å². The SMILES string of the molecule is CCO[C@H]1CC[C@H]2[C@H]1OCCN2Cc1cccnc1OC.O=C(O)C(F)(F)F. The zero-order valence-corrected chi connectivity index (χ0v) is 15.8. The highest BCUT2D eigenvalue weighted by atomic mass is 19.4. The molecule has 0 spiro atoms. The van der Waals surface area contributed by atoms with Gasteiger partial charge in [-0.1, -0.05) is 6.07 Å². The number of aromatic nitrogens is 1. The lowest BCUT2D eigenvalue weighted by atomic mass is 10.1. The lowest BCUT2D eigenvalue weighted by Crippen LogP contribution is -2.51. The number of nitrogens with zero attached hydrogens (tertiary/aromatic N) is 2. The van der Waals surface area contributed by atoms with E-state index in [0.717, 1.165) is 50.6 Å². The van der Waals surface area contributed by atoms with Crippen molar-refractivity contribution in [3.05, 3.63) is 23.9 Å². The van der Waals surface area contributed by atoms with Gasteiger partial charge >= 0.3 is 12.1 Å². The van der Waals surface area contributed by atoms with Gasteiger partial charge in [-0.2, -0.15) is 13.2 Å². The molecule has 1 aromatic heterocycles. The molecule has 0 aromatic carbocycles. The molecule has 0 bridgehead atoms. The molecule has 1 aromatic rings. The second-order valence-corrected chi connectivity index (χ2v) is 6.42. The van der Waals surface area contributed by atoms with Crippen molar-refractivity contribution in [1.82, 2.24) is 9.88 Å². The van der Waals surface area contributed by atoms with Crippen LogP contribution in [0.25, 0.3) is 0 Å². The quantitative estimate of drug-likeness (QED) is 0.805. The average Bonchev–Trinajstić information content (AvgIpc) is 3.06. The second-order valence-electron chi connectivity index (χ2n) is 6.42. The van der Waals surface area contributed by atoms with Crippen molar-refractivity contribution in [3.8, 4) is 5.88 Å². The highest BCUT2D eigenvalue weighted by Gasteiger charge is 2.43. The van der Waals surface area contributed by atoms with Gasteiger partial charge < -0.3 is 19.3 Å². The van der Waals surface area contributed by atoms with Crippen molar-refractivity contribution in [2.24, 2.45) is 0 Å². The third-order valence-electron chi connectivity index (χ3n) is 4.69. The Morgan fingerprint density at radius 2 is 2.14 bits per heavy atom. The van der Waals surface area contributed by atoms with Gasteiger partial charge in [-0.3, -0.25) is 4.90 Å². The maximum atomic E-state index is 10.6. The number of aliphatic carboxylic acids is 1. The summed E-state index contributed by atoms with van der Waals surface area (Å²) in [6.45, 7) is 5.40. The fourth-order valence-corrected chi connectivity index (χ4v) is 3.53. The first kappa shape index (κ1) is 22.4. The Kier molecular flexibility index (Phi) is 8.02. The van der Waals surface area contributed by atoms with E-state index in [4.69, 9.17) is 24.1 Å². The van der Waals surface area contributed by atoms with Crippen LogP contribution in [0.3, 0.4) is 0 Å². The van der Waals surface area contributed by atoms with Gasteiger partial charge in [0.2, 0.25) is 5.88 Å². The van der Waals surface area contributed by atoms with Crippen molar-refractivity contribution >= 4 is 5.97 Å². The number of carboxylic acid groups (broad SMARTS) is 1. The molecule has 1 aliphatic heterocycles. The standard InChI is InChI=1S/C16H24N2O3.C2HF3O2/c1-3-20-14-7-6-13-15(14)21-10-9-18(13)11-12-5-4-8-17-16(12)19-2;3-2(4,5)1(6)7/h4-5,8,13-15H,3,6-7,9-11H2,1-2H3;(H,6,7)/t13-,14-,15+;/m0./s1. The molecule has 3 atom stereocenters. The molecule has 28 heavy (non-hydrogen) atoms. The van der Waals surface area contributed by atoms with Gasteiger partial charge in [0.05, 0.1) is 25.9 Å². The van der Waals surface area contributed by atoms with Crippen LogP contribution in [0.15, 0.2) is 18.3 Å². The van der Waals surface area contributed by atoms with Gasteiger partial charge in [-0.15, -0.1) is 0 Å². The number of hydrogen-bond acceptors (Lipinski definition) is 6. The minimum absolute atomic E-state index is 0.210. The topological polar surface area (TPSA) is 81.1 Å². The first-order chi connectivity index (χ1) is 13.3. The Morgan fingerprint density at radius 3 is 2.75 bits per heavy atom. The smallest absolute Gasteiger partial charge is 0.481 e. The van der Waals surface area contributed by atoms with E-state index in [9.17, 15) is 13.2 Å². The number of ether oxygens (including phenoxy) is 3. The largest absolute Gasteiger partial charge is 0.490 e. The summed E-state index contributed by atoms with van der Waals surface area (Å²) in [6.07, 6.45) is -0.632. The van der Waals surface area contributed by atoms with Crippen molar-refractivity contribution in [2.75, 3.05) is 26.9 Å². The number of pyridine rings is 1. The molecule has 0 amide bonds. The molecule has 0 unspecified atom stereocenters. The molecule has 1 saturated heterocycles. The summed E-state index contributed by atoms with van der Waals surface area (Å²) < 4.78 is 48.9. The fourth-order valence-electron chi connectivity index (χ4n) is 3.53. The molecular formula is C18H25F3N2O5. The molecule has 3 rings (SSSR count). The maximum absolute atomic E-state index is 10.6. The highest BCUT2D eigenvalue weighted by Crippen LogP contribution is 2.33. The minimum atomic E-state index is -5.08. The lowest BCUT2D eigenvalue weighted by Gasteiger charge is -2.39. The number of alkyl halides is 3. The van der Waals surface area contributed by atoms with Gasteiger partial charge in [0, 0.05) is 37.5 Å². The van der Waals surface area contributed by atoms with Crippen molar-refractivity contribution in [2.45, 2.75) is 50.7 Å². The monoisotopic (exact) mass is 406 g/mol. The van der Waals surface area contributed by atoms with E-state index < -0.39 is 12.1 Å². The van der Waals surface area contributed by atoms with Crippen LogP contribution >= 0.6 is 0 Å². The van der Waals surface area contributed by atoms with E-state index >= 15 is 0 Å². The average molecular weight is 406 g/mol. The lowest BCUT2D eigenvalue weighted by molar-refractivity contribution is -0.192. The second kappa shape index (κ2) is 10.0. The van der Waals surface area contributed by atoms with E-state index in [2.05, 4.69) is 22.9 Å². The molecule has 0 radical (unpaired) electrons. The molecule has 2 fully saturated rings. The van der Waals surface area contributed by atoms with Crippen LogP contribution in [-0.4, -0.2) is 72.3 Å². The summed E-state index contributed by atoms with van der Waals surface area (Å²) in [5.74, 6) is -2.03. The van der Waals surface area contributed by atoms with Gasteiger partial charge in [-0.25, -0.2) is 9.78 Å². The third kappa shape index (κ3) is 5.79. The van der Waals surface area contributed by atoms with E-state index in [-0.39, 0.29) is 12.2 Å². The molecule has 10 heteroatoms. The Balaban J connectivity index is 0.000000345. The number of rotatable bonds is 5. The van der Waals surface area contributed by atoms with Crippen molar-refractivity contribution < 1.29 is 37.3 Å². The maximum Gasteiger partial charge on any atom is 0.490 e. The van der Waals surface area contributed by atoms with Crippen LogP contribution < -0.4 is 4.74 Å². The normalized spacial score (nSPS) is 24.8. The van der Waals surface area contributed by atoms with Gasteiger partial charge in [0.15, 0.2) is 0 Å². The van der Waals surface area contributed by atoms with E-state index in [1.165, 1.54) is 0 Å². The molecule has 2 heterocycles. The molecule has 7 nitrogen and oxygen atoms in total. The van der Waals surface area contributed by atoms with Crippen LogP contribution in [0.1, 0.15) is 25.3 Å². The molecule has 158 valence electrons. The van der Waals surface area contributed by atoms with Gasteiger partial charge in [-0.05, 0) is 25.8 Å². The molecule has 1 N–H and O–H groups in total. The molecule has 1 aliphatic carbocycles. The third-order valence-corrected chi connectivity index (χ3v) is 4.69. The predicted molar refractivity (Wildman–Crippen MR) is 93.1 cm³/mol. The number of fused-ring (bicyclic) bond motifs is 1. The van der Waals surface area contributed by atoms with Crippen molar-refractivity contribution in [3.63, 3.8) is 0 Å². The van der Waals surface area contributed by atoms with E-state index in [0.29, 0.717) is 6.04 Å². The Morgan fingerprint density at radius 1 is 1.43 bits per heavy atom. The molecule has 1 saturated carbocycles. The fraction of sp³-hybridized carbons (Fsp3) is 0.667. The van der Waals surface area contributed by atoms with Crippen LogP contribution in [0.4, 0.5) is 13.2 Å². The Bertz CT molecular complexity index is 644. The van der Waals surface area contributed by atoms with E-state index in [1.807, 2.05) is 6.07 Å². The summed E-state index contributed by atoms with van der Waals surface area (Å²) in [5, 5.41) is 7.12. The first-order valence-corrected chi connectivity index (χ1v) is 9.03. The zero-order chi connectivity index (χ0) is 20.7. The van der Waals surface area contributed by atoms with Gasteiger partial charge in [0.25, 0.3) is 0 Å². The number of carboxylic acids is 1. The Labute approximate surface area is 161 Å². The summed E-state index contributed by atoms with van der Waals surface area (Å²) in [7, 11) is 1.68. The molecule has 2 aliphatic rings. The zero-order valence-electron chi connectivity index (χ0n) is 15.8. The number of methoxy groups -OCH3 is 1. The van der Waals surface area contributed by atoms with Crippen LogP contribution in [0.2, 0.25) is 0 Å². The van der Waals surface area contributed by atoms with Crippen molar-refractivity contribution in [1.29, 1.82) is 0 Å². The highest BCUT2D eigenvalue weighted by molar-refractivity contribution is 5.73. The minimum Gasteiger partial charge on any atom is -0.481 e. The van der Waals surface area contributed by atoms with Crippen LogP contribution in [0.5, 0.6) is 5.88 Å². The number of carbonyl (C=O) groups is 1. The number of hydrogen-bond donors (Lipinski definition) is 1. The Hall–Kier alpha value is -1.91. The van der Waals surface area contributed by atoms with Gasteiger partial charge in [0.1, 0.15) is 0 Å². The summed E-state index contributed by atoms with van der Waals surface area (Å²) in [4.78, 5) is 15.7. The predicted octanol–water partition coefficient (Wildman–Crippen LogP) is 2.49. The number of halogens is 3. The van der Waals surface area contributed by atoms with Crippen LogP contribution in [-0.2, 0) is 20.8 Å².